The van der Waals surface area contributed by atoms with Gasteiger partial charge in [-0.2, -0.15) is 0 Å². The van der Waals surface area contributed by atoms with Gasteiger partial charge in [-0.05, 0) is 65.0 Å². The van der Waals surface area contributed by atoms with Gasteiger partial charge in [0.2, 0.25) is 0 Å². The second-order valence-corrected chi connectivity index (χ2v) is 15.5. The Morgan fingerprint density at radius 3 is 1.43 bits per heavy atom. The van der Waals surface area contributed by atoms with Gasteiger partial charge in [-0.3, -0.25) is 0 Å². The normalized spacial score (nSPS) is 16.1. The lowest BCUT2D eigenvalue weighted by atomic mass is 9.79. The molecule has 5 aromatic carbocycles. The molecule has 198 valence electrons. The van der Waals surface area contributed by atoms with E-state index in [2.05, 4.69) is 167 Å². The molecule has 0 amide bonds. The van der Waals surface area contributed by atoms with Crippen molar-refractivity contribution in [1.29, 1.82) is 0 Å². The summed E-state index contributed by atoms with van der Waals surface area (Å²) in [7, 11) is -3.15. The number of hydrogen-bond acceptors (Lipinski definition) is 2. The van der Waals surface area contributed by atoms with Gasteiger partial charge in [-0.1, -0.05) is 140 Å². The van der Waals surface area contributed by atoms with Crippen molar-refractivity contribution < 1.29 is 9.31 Å². The fourth-order valence-corrected chi connectivity index (χ4v) is 10.7. The summed E-state index contributed by atoms with van der Waals surface area (Å²) in [6.07, 6.45) is 0. The molecule has 1 saturated heterocycles. The fraction of sp³-hybridized carbons (Fsp3) is 0.167. The first kappa shape index (κ1) is 26.5. The average molecular weight is 539 g/mol. The molecule has 0 saturated carbocycles. The van der Waals surface area contributed by atoms with E-state index in [1.807, 2.05) is 0 Å². The Bertz CT molecular complexity index is 1540. The molecule has 0 atom stereocenters. The van der Waals surface area contributed by atoms with Crippen LogP contribution in [0.3, 0.4) is 0 Å². The van der Waals surface area contributed by atoms with Gasteiger partial charge in [0.15, 0.2) is 8.07 Å². The van der Waals surface area contributed by atoms with E-state index >= 15 is 0 Å². The predicted molar refractivity (Wildman–Crippen MR) is 171 cm³/mol. The molecule has 1 aliphatic heterocycles. The first-order valence-corrected chi connectivity index (χ1v) is 16.0. The van der Waals surface area contributed by atoms with Crippen molar-refractivity contribution in [3.8, 4) is 11.1 Å². The summed E-state index contributed by atoms with van der Waals surface area (Å²) in [4.78, 5) is 0. The van der Waals surface area contributed by atoms with E-state index in [0.29, 0.717) is 0 Å². The molecule has 0 aromatic heterocycles. The van der Waals surface area contributed by atoms with Gasteiger partial charge in [-0.15, -0.1) is 0 Å². The minimum absolute atomic E-state index is 0.398. The van der Waals surface area contributed by atoms with Crippen LogP contribution in [0.5, 0.6) is 0 Å². The van der Waals surface area contributed by atoms with Crippen LogP contribution in [0, 0.1) is 0 Å². The second kappa shape index (κ2) is 10.4. The smallest absolute Gasteiger partial charge is 0.399 e. The molecular weight excluding hydrogens is 503 g/mol. The quantitative estimate of drug-likeness (QED) is 0.223. The van der Waals surface area contributed by atoms with Gasteiger partial charge in [-0.25, -0.2) is 0 Å². The Hall–Kier alpha value is -3.70. The van der Waals surface area contributed by atoms with Crippen LogP contribution < -0.4 is 26.2 Å². The van der Waals surface area contributed by atoms with Crippen molar-refractivity contribution >= 4 is 41.4 Å². The third-order valence-electron chi connectivity index (χ3n) is 8.66. The van der Waals surface area contributed by atoms with Crippen molar-refractivity contribution in [2.45, 2.75) is 38.9 Å². The van der Waals surface area contributed by atoms with Gasteiger partial charge in [0.25, 0.3) is 0 Å². The van der Waals surface area contributed by atoms with Crippen molar-refractivity contribution in [3.63, 3.8) is 0 Å². The summed E-state index contributed by atoms with van der Waals surface area (Å²) in [6.45, 7) is 8.44. The van der Waals surface area contributed by atoms with E-state index in [9.17, 15) is 0 Å². The topological polar surface area (TPSA) is 18.5 Å². The molecule has 1 heterocycles. The van der Waals surface area contributed by atoms with Crippen LogP contribution >= 0.6 is 0 Å². The molecule has 0 radical (unpaired) electrons. The van der Waals surface area contributed by atoms with Gasteiger partial charge in [0.05, 0.1) is 11.2 Å². The summed E-state index contributed by atoms with van der Waals surface area (Å²) in [5, 5.41) is 5.34. The molecule has 0 aliphatic carbocycles. The SMILES string of the molecule is CC1(C)OB(c2cccc([Si](c3ccccc3)(c3ccccc3)c3cccc(-c4ccccc4)c3)c2)OC1(C)C. The zero-order chi connectivity index (χ0) is 27.8. The minimum Gasteiger partial charge on any atom is -0.399 e. The molecule has 1 aliphatic rings. The standard InChI is InChI=1S/C36H35BO2Si/c1-35(2)36(3,4)39-37(38-35)30-19-15-25-34(27-30)40(31-20-10-6-11-21-31,32-22-12-7-13-23-32)33-24-14-18-29(26-33)28-16-8-5-9-17-28/h5-27H,1-4H3. The zero-order valence-electron chi connectivity index (χ0n) is 23.7. The maximum Gasteiger partial charge on any atom is 0.494 e. The lowest BCUT2D eigenvalue weighted by molar-refractivity contribution is 0.00578. The largest absolute Gasteiger partial charge is 0.494 e. The van der Waals surface area contributed by atoms with Gasteiger partial charge >= 0.3 is 7.12 Å². The summed E-state index contributed by atoms with van der Waals surface area (Å²) < 4.78 is 13.0. The van der Waals surface area contributed by atoms with Crippen LogP contribution in [-0.4, -0.2) is 26.4 Å². The highest BCUT2D eigenvalue weighted by molar-refractivity contribution is 7.20. The molecule has 1 fully saturated rings. The van der Waals surface area contributed by atoms with Crippen LogP contribution in [-0.2, 0) is 9.31 Å². The maximum atomic E-state index is 6.51. The average Bonchev–Trinajstić information content (AvgIpc) is 3.22. The molecule has 5 aromatic rings. The molecule has 0 N–H and O–H groups in total. The van der Waals surface area contributed by atoms with Crippen molar-refractivity contribution in [3.05, 3.63) is 140 Å². The van der Waals surface area contributed by atoms with Crippen LogP contribution in [0.2, 0.25) is 0 Å². The Morgan fingerprint density at radius 1 is 0.450 bits per heavy atom. The summed E-state index contributed by atoms with van der Waals surface area (Å²) >= 11 is 0. The first-order chi connectivity index (χ1) is 19.3. The molecule has 0 unspecified atom stereocenters. The fourth-order valence-electron chi connectivity index (χ4n) is 5.84. The van der Waals surface area contributed by atoms with E-state index in [4.69, 9.17) is 9.31 Å². The molecular formula is C36H35BO2Si. The van der Waals surface area contributed by atoms with Crippen LogP contribution in [0.25, 0.3) is 11.1 Å². The third-order valence-corrected chi connectivity index (χ3v) is 13.4. The van der Waals surface area contributed by atoms with E-state index in [1.165, 1.54) is 31.9 Å². The van der Waals surface area contributed by atoms with E-state index in [0.717, 1.165) is 5.46 Å². The highest BCUT2D eigenvalue weighted by atomic mass is 28.3. The van der Waals surface area contributed by atoms with E-state index in [-0.39, 0.29) is 0 Å². The highest BCUT2D eigenvalue weighted by Gasteiger charge is 2.52. The number of hydrogen-bond donors (Lipinski definition) is 0. The van der Waals surface area contributed by atoms with Crippen molar-refractivity contribution in [2.75, 3.05) is 0 Å². The van der Waals surface area contributed by atoms with Crippen LogP contribution in [0.15, 0.2) is 140 Å². The monoisotopic (exact) mass is 538 g/mol. The molecule has 6 rings (SSSR count). The van der Waals surface area contributed by atoms with E-state index in [1.54, 1.807) is 0 Å². The second-order valence-electron chi connectivity index (χ2n) is 11.6. The first-order valence-electron chi connectivity index (χ1n) is 14.0. The summed E-state index contributed by atoms with van der Waals surface area (Å²) in [5.41, 5.74) is 2.71. The molecule has 4 heteroatoms. The predicted octanol–water partition coefficient (Wildman–Crippen LogP) is 5.03. The Morgan fingerprint density at radius 2 is 0.875 bits per heavy atom. The molecule has 2 nitrogen and oxygen atoms in total. The summed E-state index contributed by atoms with van der Waals surface area (Å²) in [5.74, 6) is 0. The Labute approximate surface area is 239 Å². The molecule has 0 spiro atoms. The van der Waals surface area contributed by atoms with Crippen molar-refractivity contribution in [1.82, 2.24) is 0 Å². The van der Waals surface area contributed by atoms with Crippen LogP contribution in [0.1, 0.15) is 27.7 Å². The van der Waals surface area contributed by atoms with Gasteiger partial charge < -0.3 is 9.31 Å². The number of benzene rings is 5. The Balaban J connectivity index is 1.61. The highest BCUT2D eigenvalue weighted by Crippen LogP contribution is 2.36. The Kier molecular flexibility index (Phi) is 6.87. The minimum atomic E-state index is -2.73. The van der Waals surface area contributed by atoms with Crippen LogP contribution in [0.4, 0.5) is 0 Å². The van der Waals surface area contributed by atoms with Crippen molar-refractivity contribution in [2.24, 2.45) is 0 Å². The lowest BCUT2D eigenvalue weighted by Crippen LogP contribution is -2.75. The zero-order valence-corrected chi connectivity index (χ0v) is 24.7. The third kappa shape index (κ3) is 4.56. The van der Waals surface area contributed by atoms with E-state index < -0.39 is 26.4 Å². The van der Waals surface area contributed by atoms with Gasteiger partial charge in [0, 0.05) is 0 Å². The maximum absolute atomic E-state index is 6.51. The van der Waals surface area contributed by atoms with Gasteiger partial charge in [0.1, 0.15) is 0 Å². The summed E-state index contributed by atoms with van der Waals surface area (Å²) in [6, 6.07) is 50.8. The number of rotatable bonds is 6. The molecule has 0 bridgehead atoms. The molecule has 40 heavy (non-hydrogen) atoms. The lowest BCUT2D eigenvalue weighted by Gasteiger charge is -2.35.